The molecule has 0 saturated carbocycles. The first-order chi connectivity index (χ1) is 9.58. The Balaban J connectivity index is 2.06. The van der Waals surface area contributed by atoms with E-state index in [9.17, 15) is 8.42 Å². The summed E-state index contributed by atoms with van der Waals surface area (Å²) in [4.78, 5) is 0.281. The Bertz CT molecular complexity index is 664. The van der Waals surface area contributed by atoms with Crippen molar-refractivity contribution in [3.63, 3.8) is 0 Å². The third kappa shape index (κ3) is 4.05. The van der Waals surface area contributed by atoms with Crippen LogP contribution in [-0.2, 0) is 16.3 Å². The van der Waals surface area contributed by atoms with Crippen LogP contribution in [-0.4, -0.2) is 14.5 Å². The second-order valence-corrected chi connectivity index (χ2v) is 6.37. The van der Waals surface area contributed by atoms with Gasteiger partial charge in [-0.05, 0) is 24.1 Å². The van der Waals surface area contributed by atoms with E-state index in [0.29, 0.717) is 6.42 Å². The SMILES string of the molecule is N[C@H](C=CS(=O)(=O)c1ccccc1)Cc1ccccc1. The highest BCUT2D eigenvalue weighted by Crippen LogP contribution is 2.12. The van der Waals surface area contributed by atoms with Gasteiger partial charge in [-0.25, -0.2) is 8.42 Å². The zero-order chi connectivity index (χ0) is 14.4. The molecular formula is C16H17NO2S. The number of rotatable bonds is 5. The van der Waals surface area contributed by atoms with Crippen LogP contribution in [0.25, 0.3) is 0 Å². The van der Waals surface area contributed by atoms with Gasteiger partial charge in [-0.15, -0.1) is 0 Å². The van der Waals surface area contributed by atoms with E-state index in [-0.39, 0.29) is 10.9 Å². The molecule has 0 radical (unpaired) electrons. The summed E-state index contributed by atoms with van der Waals surface area (Å²) >= 11 is 0. The maximum Gasteiger partial charge on any atom is 0.199 e. The van der Waals surface area contributed by atoms with Crippen LogP contribution >= 0.6 is 0 Å². The summed E-state index contributed by atoms with van der Waals surface area (Å²) in [6, 6.07) is 17.8. The van der Waals surface area contributed by atoms with Crippen LogP contribution in [0.15, 0.2) is 77.0 Å². The summed E-state index contributed by atoms with van der Waals surface area (Å²) in [5.74, 6) is 0. The third-order valence-corrected chi connectivity index (χ3v) is 4.34. The topological polar surface area (TPSA) is 60.2 Å². The second kappa shape index (κ2) is 6.50. The van der Waals surface area contributed by atoms with Crippen LogP contribution in [0.3, 0.4) is 0 Å². The van der Waals surface area contributed by atoms with Crippen molar-refractivity contribution in [2.24, 2.45) is 5.73 Å². The molecule has 3 nitrogen and oxygen atoms in total. The predicted molar refractivity (Wildman–Crippen MR) is 80.9 cm³/mol. The van der Waals surface area contributed by atoms with Crippen LogP contribution in [0, 0.1) is 0 Å². The summed E-state index contributed by atoms with van der Waals surface area (Å²) in [5, 5.41) is 1.19. The van der Waals surface area contributed by atoms with Crippen molar-refractivity contribution < 1.29 is 8.42 Å². The van der Waals surface area contributed by atoms with Crippen molar-refractivity contribution in [1.82, 2.24) is 0 Å². The maximum absolute atomic E-state index is 12.0. The van der Waals surface area contributed by atoms with Gasteiger partial charge in [0, 0.05) is 11.4 Å². The molecule has 104 valence electrons. The molecule has 0 heterocycles. The van der Waals surface area contributed by atoms with E-state index >= 15 is 0 Å². The van der Waals surface area contributed by atoms with Gasteiger partial charge in [-0.3, -0.25) is 0 Å². The standard InChI is InChI=1S/C16H17NO2S/c17-15(13-14-7-3-1-4-8-14)11-12-20(18,19)16-9-5-2-6-10-16/h1-12,15H,13,17H2/t15-/m1/s1. The quantitative estimate of drug-likeness (QED) is 0.919. The predicted octanol–water partition coefficient (Wildman–Crippen LogP) is 2.54. The maximum atomic E-state index is 12.0. The Morgan fingerprint density at radius 3 is 2.10 bits per heavy atom. The van der Waals surface area contributed by atoms with Gasteiger partial charge < -0.3 is 5.73 Å². The average Bonchev–Trinajstić information content (AvgIpc) is 2.47. The molecule has 2 rings (SSSR count). The van der Waals surface area contributed by atoms with E-state index in [4.69, 9.17) is 5.73 Å². The van der Waals surface area contributed by atoms with E-state index in [0.717, 1.165) is 5.56 Å². The smallest absolute Gasteiger partial charge is 0.199 e. The number of nitrogens with two attached hydrogens (primary N) is 1. The molecule has 0 aliphatic heterocycles. The van der Waals surface area contributed by atoms with E-state index in [1.165, 1.54) is 11.5 Å². The Morgan fingerprint density at radius 2 is 1.50 bits per heavy atom. The average molecular weight is 287 g/mol. The monoisotopic (exact) mass is 287 g/mol. The molecule has 2 aromatic rings. The number of sulfone groups is 1. The number of hydrogen-bond acceptors (Lipinski definition) is 3. The van der Waals surface area contributed by atoms with Gasteiger partial charge in [0.05, 0.1) is 4.90 Å². The molecule has 2 N–H and O–H groups in total. The number of benzene rings is 2. The highest BCUT2D eigenvalue weighted by Gasteiger charge is 2.10. The first-order valence-corrected chi connectivity index (χ1v) is 7.90. The lowest BCUT2D eigenvalue weighted by Crippen LogP contribution is -2.20. The summed E-state index contributed by atoms with van der Waals surface area (Å²) in [6.45, 7) is 0. The minimum atomic E-state index is -3.41. The Labute approximate surface area is 119 Å². The molecule has 0 fully saturated rings. The van der Waals surface area contributed by atoms with Gasteiger partial charge in [0.15, 0.2) is 9.84 Å². The molecule has 0 spiro atoms. The zero-order valence-corrected chi connectivity index (χ0v) is 11.8. The third-order valence-electron chi connectivity index (χ3n) is 2.89. The summed E-state index contributed by atoms with van der Waals surface area (Å²) in [5.41, 5.74) is 7.02. The summed E-state index contributed by atoms with van der Waals surface area (Å²) < 4.78 is 24.1. The van der Waals surface area contributed by atoms with Crippen LogP contribution in [0.2, 0.25) is 0 Å². The molecule has 4 heteroatoms. The highest BCUT2D eigenvalue weighted by molar-refractivity contribution is 7.94. The van der Waals surface area contributed by atoms with E-state index < -0.39 is 9.84 Å². The Kier molecular flexibility index (Phi) is 4.71. The first-order valence-electron chi connectivity index (χ1n) is 6.36. The molecule has 0 unspecified atom stereocenters. The second-order valence-electron chi connectivity index (χ2n) is 4.54. The zero-order valence-electron chi connectivity index (χ0n) is 11.0. The van der Waals surface area contributed by atoms with Crippen LogP contribution in [0.4, 0.5) is 0 Å². The molecule has 0 bridgehead atoms. The highest BCUT2D eigenvalue weighted by atomic mass is 32.2. The molecule has 0 amide bonds. The van der Waals surface area contributed by atoms with Crippen molar-refractivity contribution in [1.29, 1.82) is 0 Å². The van der Waals surface area contributed by atoms with Crippen molar-refractivity contribution in [3.8, 4) is 0 Å². The molecule has 0 saturated heterocycles. The molecule has 20 heavy (non-hydrogen) atoms. The van der Waals surface area contributed by atoms with E-state index in [2.05, 4.69) is 0 Å². The normalized spacial score (nSPS) is 13.4. The van der Waals surface area contributed by atoms with Crippen molar-refractivity contribution in [3.05, 3.63) is 77.7 Å². The fourth-order valence-corrected chi connectivity index (χ4v) is 2.95. The van der Waals surface area contributed by atoms with E-state index in [1.54, 1.807) is 30.3 Å². The van der Waals surface area contributed by atoms with E-state index in [1.807, 2.05) is 30.3 Å². The fraction of sp³-hybridized carbons (Fsp3) is 0.125. The first kappa shape index (κ1) is 14.5. The van der Waals surface area contributed by atoms with Gasteiger partial charge in [-0.1, -0.05) is 54.6 Å². The van der Waals surface area contributed by atoms with Gasteiger partial charge in [0.1, 0.15) is 0 Å². The minimum absolute atomic E-state index is 0.281. The number of hydrogen-bond donors (Lipinski definition) is 1. The lowest BCUT2D eigenvalue weighted by atomic mass is 10.1. The van der Waals surface area contributed by atoms with Crippen molar-refractivity contribution >= 4 is 9.84 Å². The molecular weight excluding hydrogens is 270 g/mol. The fourth-order valence-electron chi connectivity index (χ4n) is 1.85. The van der Waals surface area contributed by atoms with Crippen molar-refractivity contribution in [2.45, 2.75) is 17.4 Å². The van der Waals surface area contributed by atoms with Crippen LogP contribution < -0.4 is 5.73 Å². The van der Waals surface area contributed by atoms with Gasteiger partial charge in [0.25, 0.3) is 0 Å². The lowest BCUT2D eigenvalue weighted by molar-refractivity contribution is 0.604. The van der Waals surface area contributed by atoms with Crippen LogP contribution in [0.1, 0.15) is 5.56 Å². The Hall–Kier alpha value is -1.91. The van der Waals surface area contributed by atoms with Crippen molar-refractivity contribution in [2.75, 3.05) is 0 Å². The summed E-state index contributed by atoms with van der Waals surface area (Å²) in [7, 11) is -3.41. The summed E-state index contributed by atoms with van der Waals surface area (Å²) in [6.07, 6.45) is 2.15. The lowest BCUT2D eigenvalue weighted by Gasteiger charge is -2.06. The Morgan fingerprint density at radius 1 is 0.950 bits per heavy atom. The molecule has 1 atom stereocenters. The molecule has 0 aromatic heterocycles. The van der Waals surface area contributed by atoms with Gasteiger partial charge in [-0.2, -0.15) is 0 Å². The van der Waals surface area contributed by atoms with Gasteiger partial charge >= 0.3 is 0 Å². The molecule has 2 aromatic carbocycles. The molecule has 0 aliphatic rings. The molecule has 0 aliphatic carbocycles. The van der Waals surface area contributed by atoms with Gasteiger partial charge in [0.2, 0.25) is 0 Å². The van der Waals surface area contributed by atoms with Crippen LogP contribution in [0.5, 0.6) is 0 Å². The largest absolute Gasteiger partial charge is 0.324 e. The minimum Gasteiger partial charge on any atom is -0.324 e.